The van der Waals surface area contributed by atoms with Crippen LogP contribution in [-0.4, -0.2) is 36.1 Å². The highest BCUT2D eigenvalue weighted by Gasteiger charge is 2.44. The van der Waals surface area contributed by atoms with Crippen molar-refractivity contribution in [3.63, 3.8) is 0 Å². The lowest BCUT2D eigenvalue weighted by Gasteiger charge is -2.50. The summed E-state index contributed by atoms with van der Waals surface area (Å²) >= 11 is 0. The molecule has 2 aliphatic rings. The fourth-order valence-corrected chi connectivity index (χ4v) is 3.08. The van der Waals surface area contributed by atoms with Crippen LogP contribution in [-0.2, 0) is 9.53 Å². The van der Waals surface area contributed by atoms with Crippen molar-refractivity contribution in [3.8, 4) is 0 Å². The molecular weight excluding hydrogens is 190 g/mol. The van der Waals surface area contributed by atoms with Crippen molar-refractivity contribution in [1.29, 1.82) is 0 Å². The zero-order valence-corrected chi connectivity index (χ0v) is 9.74. The third-order valence-corrected chi connectivity index (χ3v) is 3.90. The zero-order valence-electron chi connectivity index (χ0n) is 9.74. The van der Waals surface area contributed by atoms with Crippen LogP contribution < -0.4 is 0 Å². The van der Waals surface area contributed by atoms with Crippen LogP contribution in [0.2, 0.25) is 0 Å². The Kier molecular flexibility index (Phi) is 3.29. The summed E-state index contributed by atoms with van der Waals surface area (Å²) in [5.41, 5.74) is 0. The monoisotopic (exact) mass is 211 g/mol. The molecule has 0 spiro atoms. The first-order chi connectivity index (χ1) is 7.24. The molecular formula is C12H21NO2. The number of rotatable bonds is 2. The summed E-state index contributed by atoms with van der Waals surface area (Å²) in [6.07, 6.45) is 7.50. The molecule has 1 aliphatic carbocycles. The summed E-state index contributed by atoms with van der Waals surface area (Å²) in [6, 6.07) is 1.25. The van der Waals surface area contributed by atoms with E-state index in [1.165, 1.54) is 39.2 Å². The van der Waals surface area contributed by atoms with Crippen molar-refractivity contribution in [3.05, 3.63) is 0 Å². The van der Waals surface area contributed by atoms with E-state index < -0.39 is 0 Å². The highest BCUT2D eigenvalue weighted by molar-refractivity contribution is 5.77. The summed E-state index contributed by atoms with van der Waals surface area (Å²) in [5.74, 6) is -0.0429. The standard InChI is InChI=1S/C12H21NO2/c1-9-8-11(12(14)15-2)13(9)10-6-4-3-5-7-10/h9-11H,3-8H2,1-2H3/t9-,11+/m0/s1. The van der Waals surface area contributed by atoms with Gasteiger partial charge in [0.15, 0.2) is 0 Å². The molecule has 86 valence electrons. The van der Waals surface area contributed by atoms with Gasteiger partial charge in [-0.05, 0) is 26.2 Å². The predicted octanol–water partition coefficient (Wildman–Crippen LogP) is 1.95. The zero-order chi connectivity index (χ0) is 10.8. The first kappa shape index (κ1) is 10.9. The van der Waals surface area contributed by atoms with Crippen molar-refractivity contribution in [2.75, 3.05) is 7.11 Å². The van der Waals surface area contributed by atoms with Crippen molar-refractivity contribution in [1.82, 2.24) is 4.90 Å². The molecule has 0 bridgehead atoms. The Morgan fingerprint density at radius 2 is 1.93 bits per heavy atom. The van der Waals surface area contributed by atoms with Gasteiger partial charge in [0.05, 0.1) is 7.11 Å². The molecule has 3 heteroatoms. The van der Waals surface area contributed by atoms with Crippen LogP contribution >= 0.6 is 0 Å². The molecule has 1 heterocycles. The Hall–Kier alpha value is -0.570. The van der Waals surface area contributed by atoms with Gasteiger partial charge in [0.2, 0.25) is 0 Å². The predicted molar refractivity (Wildman–Crippen MR) is 58.6 cm³/mol. The topological polar surface area (TPSA) is 29.5 Å². The van der Waals surface area contributed by atoms with E-state index in [2.05, 4.69) is 11.8 Å². The van der Waals surface area contributed by atoms with Crippen molar-refractivity contribution >= 4 is 5.97 Å². The second kappa shape index (κ2) is 4.52. The summed E-state index contributed by atoms with van der Waals surface area (Å²) in [5, 5.41) is 0. The van der Waals surface area contributed by atoms with Crippen LogP contribution in [0.25, 0.3) is 0 Å². The third-order valence-electron chi connectivity index (χ3n) is 3.90. The number of carbonyl (C=O) groups excluding carboxylic acids is 1. The molecule has 3 nitrogen and oxygen atoms in total. The average Bonchev–Trinajstić information content (AvgIpc) is 2.26. The molecule has 0 aromatic carbocycles. The fourth-order valence-electron chi connectivity index (χ4n) is 3.08. The SMILES string of the molecule is COC(=O)[C@H]1C[C@H](C)N1C1CCCCC1. The lowest BCUT2D eigenvalue weighted by atomic mass is 9.85. The minimum Gasteiger partial charge on any atom is -0.468 e. The van der Waals surface area contributed by atoms with Gasteiger partial charge in [-0.2, -0.15) is 0 Å². The quantitative estimate of drug-likeness (QED) is 0.654. The van der Waals surface area contributed by atoms with Gasteiger partial charge in [-0.1, -0.05) is 19.3 Å². The second-order valence-corrected chi connectivity index (χ2v) is 4.86. The van der Waals surface area contributed by atoms with Crippen molar-refractivity contribution < 1.29 is 9.53 Å². The summed E-state index contributed by atoms with van der Waals surface area (Å²) < 4.78 is 4.84. The number of likely N-dealkylation sites (tertiary alicyclic amines) is 1. The molecule has 2 atom stereocenters. The van der Waals surface area contributed by atoms with Gasteiger partial charge in [-0.3, -0.25) is 9.69 Å². The van der Waals surface area contributed by atoms with Crippen molar-refractivity contribution in [2.24, 2.45) is 0 Å². The van der Waals surface area contributed by atoms with Gasteiger partial charge >= 0.3 is 5.97 Å². The van der Waals surface area contributed by atoms with Gasteiger partial charge in [0, 0.05) is 12.1 Å². The molecule has 15 heavy (non-hydrogen) atoms. The van der Waals surface area contributed by atoms with E-state index in [9.17, 15) is 4.79 Å². The molecule has 2 fully saturated rings. The summed E-state index contributed by atoms with van der Waals surface area (Å²) in [4.78, 5) is 13.9. The maximum Gasteiger partial charge on any atom is 0.323 e. The van der Waals surface area contributed by atoms with Gasteiger partial charge in [-0.25, -0.2) is 0 Å². The number of hydrogen-bond acceptors (Lipinski definition) is 3. The minimum absolute atomic E-state index is 0.0429. The largest absolute Gasteiger partial charge is 0.468 e. The first-order valence-corrected chi connectivity index (χ1v) is 6.09. The Labute approximate surface area is 91.8 Å². The van der Waals surface area contributed by atoms with E-state index in [1.54, 1.807) is 0 Å². The molecule has 0 aromatic heterocycles. The smallest absolute Gasteiger partial charge is 0.323 e. The van der Waals surface area contributed by atoms with Crippen LogP contribution in [0.5, 0.6) is 0 Å². The average molecular weight is 211 g/mol. The number of methoxy groups -OCH3 is 1. The second-order valence-electron chi connectivity index (χ2n) is 4.86. The number of nitrogens with zero attached hydrogens (tertiary/aromatic N) is 1. The van der Waals surface area contributed by atoms with Crippen molar-refractivity contribution in [2.45, 2.75) is 63.6 Å². The fraction of sp³-hybridized carbons (Fsp3) is 0.917. The third kappa shape index (κ3) is 2.03. The van der Waals surface area contributed by atoms with Crippen LogP contribution in [0.15, 0.2) is 0 Å². The van der Waals surface area contributed by atoms with Crippen LogP contribution in [0, 0.1) is 0 Å². The molecule has 2 rings (SSSR count). The van der Waals surface area contributed by atoms with E-state index in [-0.39, 0.29) is 12.0 Å². The number of carbonyl (C=O) groups is 1. The van der Waals surface area contributed by atoms with Crippen LogP contribution in [0.3, 0.4) is 0 Å². The van der Waals surface area contributed by atoms with Gasteiger partial charge in [0.25, 0.3) is 0 Å². The van der Waals surface area contributed by atoms with Gasteiger partial charge in [0.1, 0.15) is 6.04 Å². The van der Waals surface area contributed by atoms with Gasteiger partial charge in [-0.15, -0.1) is 0 Å². The highest BCUT2D eigenvalue weighted by atomic mass is 16.5. The Bertz CT molecular complexity index is 236. The Balaban J connectivity index is 1.96. The first-order valence-electron chi connectivity index (χ1n) is 6.09. The normalized spacial score (nSPS) is 33.5. The van der Waals surface area contributed by atoms with Crippen LogP contribution in [0.1, 0.15) is 45.4 Å². The van der Waals surface area contributed by atoms with E-state index in [4.69, 9.17) is 4.74 Å². The number of esters is 1. The minimum atomic E-state index is -0.0429. The van der Waals surface area contributed by atoms with E-state index >= 15 is 0 Å². The molecule has 1 saturated heterocycles. The Morgan fingerprint density at radius 1 is 1.27 bits per heavy atom. The lowest BCUT2D eigenvalue weighted by molar-refractivity contribution is -0.159. The van der Waals surface area contributed by atoms with Crippen LogP contribution in [0.4, 0.5) is 0 Å². The number of hydrogen-bond donors (Lipinski definition) is 0. The highest BCUT2D eigenvalue weighted by Crippen LogP contribution is 2.34. The maximum absolute atomic E-state index is 11.5. The molecule has 0 radical (unpaired) electrons. The van der Waals surface area contributed by atoms with Gasteiger partial charge < -0.3 is 4.74 Å². The van der Waals surface area contributed by atoms with E-state index in [1.807, 2.05) is 0 Å². The van der Waals surface area contributed by atoms with E-state index in [0.717, 1.165) is 6.42 Å². The summed E-state index contributed by atoms with van der Waals surface area (Å²) in [7, 11) is 1.49. The number of ether oxygens (including phenoxy) is 1. The maximum atomic E-state index is 11.5. The molecule has 1 saturated carbocycles. The molecule has 0 amide bonds. The molecule has 0 N–H and O–H groups in total. The molecule has 0 unspecified atom stereocenters. The molecule has 1 aliphatic heterocycles. The lowest BCUT2D eigenvalue weighted by Crippen LogP contribution is -2.62. The van der Waals surface area contributed by atoms with E-state index in [0.29, 0.717) is 12.1 Å². The molecule has 0 aromatic rings. The summed E-state index contributed by atoms with van der Waals surface area (Å²) in [6.45, 7) is 2.22. The Morgan fingerprint density at radius 3 is 2.47 bits per heavy atom.